The van der Waals surface area contributed by atoms with Gasteiger partial charge in [0.1, 0.15) is 12.4 Å². The van der Waals surface area contributed by atoms with Crippen LogP contribution in [0, 0.1) is 0 Å². The zero-order valence-electron chi connectivity index (χ0n) is 20.3. The van der Waals surface area contributed by atoms with Crippen LogP contribution in [0.25, 0.3) is 16.9 Å². The third kappa shape index (κ3) is 5.16. The van der Waals surface area contributed by atoms with Crippen molar-refractivity contribution < 1.29 is 4.74 Å². The standard InChI is InChI=1S/C29H30N6O/c1-2-17-33(16-1)19-20-36-26-13-9-23(10-14-26)21-28-31-29-6-3-5-27(35(29)32-28)25-11-7-24(8-12-25)22-34-18-4-15-30-34/h3-15,18H,1-2,16-17,19-22H2. The van der Waals surface area contributed by atoms with E-state index in [0.717, 1.165) is 48.2 Å². The monoisotopic (exact) mass is 478 g/mol. The van der Waals surface area contributed by atoms with E-state index >= 15 is 0 Å². The summed E-state index contributed by atoms with van der Waals surface area (Å²) in [5.41, 5.74) is 5.36. The molecule has 1 saturated heterocycles. The van der Waals surface area contributed by atoms with E-state index in [2.05, 4.69) is 52.5 Å². The summed E-state index contributed by atoms with van der Waals surface area (Å²) in [6.07, 6.45) is 7.08. The van der Waals surface area contributed by atoms with E-state index in [1.54, 1.807) is 6.20 Å². The van der Waals surface area contributed by atoms with Crippen molar-refractivity contribution in [3.63, 3.8) is 0 Å². The van der Waals surface area contributed by atoms with Crippen LogP contribution in [0.3, 0.4) is 0 Å². The number of hydrogen-bond donors (Lipinski definition) is 0. The van der Waals surface area contributed by atoms with Crippen molar-refractivity contribution in [1.29, 1.82) is 0 Å². The quantitative estimate of drug-likeness (QED) is 0.307. The Morgan fingerprint density at radius 1 is 0.833 bits per heavy atom. The first-order chi connectivity index (χ1) is 17.8. The van der Waals surface area contributed by atoms with E-state index in [-0.39, 0.29) is 0 Å². The molecule has 182 valence electrons. The van der Waals surface area contributed by atoms with E-state index in [4.69, 9.17) is 14.8 Å². The summed E-state index contributed by atoms with van der Waals surface area (Å²) in [7, 11) is 0. The molecule has 1 fully saturated rings. The van der Waals surface area contributed by atoms with Crippen molar-refractivity contribution in [3.8, 4) is 17.0 Å². The molecule has 2 aromatic carbocycles. The Labute approximate surface area is 211 Å². The molecule has 6 rings (SSSR count). The molecule has 1 aliphatic heterocycles. The molecule has 0 spiro atoms. The highest BCUT2D eigenvalue weighted by atomic mass is 16.5. The number of fused-ring (bicyclic) bond motifs is 1. The molecule has 4 heterocycles. The van der Waals surface area contributed by atoms with Gasteiger partial charge >= 0.3 is 0 Å². The van der Waals surface area contributed by atoms with Crippen LogP contribution in [0.2, 0.25) is 0 Å². The van der Waals surface area contributed by atoms with Gasteiger partial charge in [-0.2, -0.15) is 10.2 Å². The first-order valence-corrected chi connectivity index (χ1v) is 12.7. The van der Waals surface area contributed by atoms with Crippen LogP contribution in [-0.4, -0.2) is 55.5 Å². The molecule has 0 atom stereocenters. The number of nitrogens with zero attached hydrogens (tertiary/aromatic N) is 6. The second-order valence-corrected chi connectivity index (χ2v) is 9.33. The summed E-state index contributed by atoms with van der Waals surface area (Å²) in [6, 6.07) is 24.9. The smallest absolute Gasteiger partial charge is 0.156 e. The number of pyridine rings is 1. The summed E-state index contributed by atoms with van der Waals surface area (Å²) >= 11 is 0. The minimum atomic E-state index is 0.679. The van der Waals surface area contributed by atoms with Crippen molar-refractivity contribution in [2.75, 3.05) is 26.2 Å². The molecule has 0 radical (unpaired) electrons. The highest BCUT2D eigenvalue weighted by Crippen LogP contribution is 2.22. The van der Waals surface area contributed by atoms with Crippen LogP contribution in [-0.2, 0) is 13.0 Å². The first-order valence-electron chi connectivity index (χ1n) is 12.7. The molecule has 0 N–H and O–H groups in total. The maximum Gasteiger partial charge on any atom is 0.156 e. The summed E-state index contributed by atoms with van der Waals surface area (Å²) in [5, 5.41) is 9.13. The van der Waals surface area contributed by atoms with Crippen molar-refractivity contribution >= 4 is 5.65 Å². The Balaban J connectivity index is 1.13. The van der Waals surface area contributed by atoms with E-state index < -0.39 is 0 Å². The lowest BCUT2D eigenvalue weighted by molar-refractivity contribution is 0.238. The van der Waals surface area contributed by atoms with Gasteiger partial charge in [0, 0.05) is 30.9 Å². The van der Waals surface area contributed by atoms with Gasteiger partial charge in [-0.1, -0.05) is 42.5 Å². The van der Waals surface area contributed by atoms with Gasteiger partial charge in [-0.05, 0) is 67.4 Å². The van der Waals surface area contributed by atoms with Gasteiger partial charge < -0.3 is 4.74 Å². The lowest BCUT2D eigenvalue weighted by Gasteiger charge is -2.14. The number of aromatic nitrogens is 5. The molecule has 3 aromatic heterocycles. The summed E-state index contributed by atoms with van der Waals surface area (Å²) in [6.45, 7) is 4.90. The summed E-state index contributed by atoms with van der Waals surface area (Å²) in [4.78, 5) is 7.25. The van der Waals surface area contributed by atoms with Gasteiger partial charge in [-0.15, -0.1) is 0 Å². The Morgan fingerprint density at radius 2 is 1.64 bits per heavy atom. The molecular formula is C29H30N6O. The average Bonchev–Trinajstić information content (AvgIpc) is 3.68. The van der Waals surface area contributed by atoms with E-state index in [0.29, 0.717) is 6.42 Å². The minimum absolute atomic E-state index is 0.679. The Kier molecular flexibility index (Phi) is 6.46. The topological polar surface area (TPSA) is 60.5 Å². The van der Waals surface area contributed by atoms with Gasteiger partial charge in [0.2, 0.25) is 0 Å². The number of ether oxygens (including phenoxy) is 1. The van der Waals surface area contributed by atoms with E-state index in [1.165, 1.54) is 37.1 Å². The molecule has 0 saturated carbocycles. The van der Waals surface area contributed by atoms with Gasteiger partial charge in [-0.3, -0.25) is 9.58 Å². The van der Waals surface area contributed by atoms with Crippen LogP contribution < -0.4 is 4.74 Å². The predicted molar refractivity (Wildman–Crippen MR) is 140 cm³/mol. The molecule has 0 aliphatic carbocycles. The third-order valence-corrected chi connectivity index (χ3v) is 6.72. The van der Waals surface area contributed by atoms with E-state index in [1.807, 2.05) is 45.7 Å². The average molecular weight is 479 g/mol. The second kappa shape index (κ2) is 10.3. The van der Waals surface area contributed by atoms with Crippen molar-refractivity contribution in [3.05, 3.63) is 102 Å². The highest BCUT2D eigenvalue weighted by molar-refractivity contribution is 5.63. The van der Waals surface area contributed by atoms with Crippen LogP contribution in [0.1, 0.15) is 29.8 Å². The van der Waals surface area contributed by atoms with Crippen LogP contribution in [0.15, 0.2) is 85.2 Å². The number of hydrogen-bond acceptors (Lipinski definition) is 5. The Hall–Kier alpha value is -3.97. The highest BCUT2D eigenvalue weighted by Gasteiger charge is 2.12. The molecule has 0 unspecified atom stereocenters. The summed E-state index contributed by atoms with van der Waals surface area (Å²) in [5.74, 6) is 1.72. The van der Waals surface area contributed by atoms with Gasteiger partial charge in [0.25, 0.3) is 0 Å². The zero-order valence-corrected chi connectivity index (χ0v) is 20.3. The molecule has 36 heavy (non-hydrogen) atoms. The SMILES string of the molecule is c1cc(-c2ccc(Cn3cccn3)cc2)n2nc(Cc3ccc(OCCN4CCCC4)cc3)nc2c1. The van der Waals surface area contributed by atoms with Crippen LogP contribution in [0.4, 0.5) is 0 Å². The lowest BCUT2D eigenvalue weighted by Crippen LogP contribution is -2.25. The lowest BCUT2D eigenvalue weighted by atomic mass is 10.1. The Bertz CT molecular complexity index is 1400. The predicted octanol–water partition coefficient (Wildman–Crippen LogP) is 4.71. The fourth-order valence-electron chi connectivity index (χ4n) is 4.79. The largest absolute Gasteiger partial charge is 0.492 e. The molecule has 7 nitrogen and oxygen atoms in total. The van der Waals surface area contributed by atoms with Gasteiger partial charge in [-0.25, -0.2) is 9.50 Å². The summed E-state index contributed by atoms with van der Waals surface area (Å²) < 4.78 is 9.80. The number of rotatable bonds is 9. The molecule has 7 heteroatoms. The van der Waals surface area contributed by atoms with Crippen LogP contribution in [0.5, 0.6) is 5.75 Å². The fourth-order valence-corrected chi connectivity index (χ4v) is 4.79. The van der Waals surface area contributed by atoms with E-state index in [9.17, 15) is 0 Å². The van der Waals surface area contributed by atoms with Gasteiger partial charge in [0.15, 0.2) is 11.5 Å². The fraction of sp³-hybridized carbons (Fsp3) is 0.276. The second-order valence-electron chi connectivity index (χ2n) is 9.33. The molecule has 0 bridgehead atoms. The molecule has 5 aromatic rings. The molecule has 1 aliphatic rings. The third-order valence-electron chi connectivity index (χ3n) is 6.72. The maximum atomic E-state index is 5.94. The first kappa shape index (κ1) is 22.5. The number of benzene rings is 2. The van der Waals surface area contributed by atoms with Gasteiger partial charge in [0.05, 0.1) is 12.2 Å². The normalized spacial score (nSPS) is 14.0. The Morgan fingerprint density at radius 3 is 2.42 bits per heavy atom. The van der Waals surface area contributed by atoms with Crippen molar-refractivity contribution in [1.82, 2.24) is 29.3 Å². The number of likely N-dealkylation sites (tertiary alicyclic amines) is 1. The van der Waals surface area contributed by atoms with Crippen molar-refractivity contribution in [2.45, 2.75) is 25.8 Å². The molecule has 0 amide bonds. The molecular weight excluding hydrogens is 448 g/mol. The van der Waals surface area contributed by atoms with Crippen LogP contribution >= 0.6 is 0 Å². The zero-order chi connectivity index (χ0) is 24.2. The minimum Gasteiger partial charge on any atom is -0.492 e. The maximum absolute atomic E-state index is 5.94. The van der Waals surface area contributed by atoms with Crippen molar-refractivity contribution in [2.24, 2.45) is 0 Å².